The molecule has 1 atom stereocenters. The molecule has 1 unspecified atom stereocenters. The van der Waals surface area contributed by atoms with Crippen LogP contribution < -0.4 is 14.4 Å². The van der Waals surface area contributed by atoms with Crippen molar-refractivity contribution in [3.8, 4) is 23.8 Å². The third kappa shape index (κ3) is 3.29. The standard InChI is InChI=1S/C17H17NO5/c1-4-8-18-12-9-11(6-7-15(19)20)10-14(22-3)16(12)23-13(5-2)17(18)21/h1,6-7,9-10,13H,5,8H2,2-3H3,(H,19,20)/b7-6+. The van der Waals surface area contributed by atoms with Gasteiger partial charge in [0.15, 0.2) is 17.6 Å². The highest BCUT2D eigenvalue weighted by Gasteiger charge is 2.35. The molecule has 0 saturated heterocycles. The molecule has 1 aliphatic rings. The van der Waals surface area contributed by atoms with Gasteiger partial charge in [-0.3, -0.25) is 9.69 Å². The number of methoxy groups -OCH3 is 1. The van der Waals surface area contributed by atoms with E-state index in [0.29, 0.717) is 29.2 Å². The van der Waals surface area contributed by atoms with Crippen LogP contribution in [-0.4, -0.2) is 36.7 Å². The minimum atomic E-state index is -1.07. The molecule has 1 aliphatic heterocycles. The molecule has 1 heterocycles. The lowest BCUT2D eigenvalue weighted by molar-refractivity contribution is -0.131. The van der Waals surface area contributed by atoms with Crippen LogP contribution in [-0.2, 0) is 9.59 Å². The lowest BCUT2D eigenvalue weighted by Gasteiger charge is -2.34. The second-order valence-electron chi connectivity index (χ2n) is 4.89. The molecule has 1 aromatic rings. The van der Waals surface area contributed by atoms with Crippen molar-refractivity contribution < 1.29 is 24.2 Å². The summed E-state index contributed by atoms with van der Waals surface area (Å²) < 4.78 is 11.1. The van der Waals surface area contributed by atoms with E-state index in [1.165, 1.54) is 18.1 Å². The lowest BCUT2D eigenvalue weighted by Crippen LogP contribution is -2.45. The Hall–Kier alpha value is -2.94. The zero-order valence-corrected chi connectivity index (χ0v) is 12.9. The predicted molar refractivity (Wildman–Crippen MR) is 85.6 cm³/mol. The number of hydrogen-bond donors (Lipinski definition) is 1. The molecule has 1 N–H and O–H groups in total. The number of benzene rings is 1. The van der Waals surface area contributed by atoms with Crippen LogP contribution in [0.2, 0.25) is 0 Å². The number of anilines is 1. The summed E-state index contributed by atoms with van der Waals surface area (Å²) in [6.45, 7) is 1.94. The summed E-state index contributed by atoms with van der Waals surface area (Å²) in [6, 6.07) is 3.30. The molecule has 0 radical (unpaired) electrons. The van der Waals surface area contributed by atoms with Crippen LogP contribution in [0.15, 0.2) is 18.2 Å². The molecule has 1 aromatic carbocycles. The molecule has 23 heavy (non-hydrogen) atoms. The number of hydrogen-bond acceptors (Lipinski definition) is 4. The van der Waals surface area contributed by atoms with E-state index in [4.69, 9.17) is 21.0 Å². The number of carboxylic acid groups (broad SMARTS) is 1. The number of carbonyl (C=O) groups is 2. The quantitative estimate of drug-likeness (QED) is 0.664. The predicted octanol–water partition coefficient (Wildman–Crippen LogP) is 1.93. The maximum absolute atomic E-state index is 12.4. The second-order valence-corrected chi connectivity index (χ2v) is 4.89. The lowest BCUT2D eigenvalue weighted by atomic mass is 10.1. The first-order valence-corrected chi connectivity index (χ1v) is 7.06. The van der Waals surface area contributed by atoms with E-state index in [0.717, 1.165) is 6.08 Å². The van der Waals surface area contributed by atoms with Gasteiger partial charge in [-0.05, 0) is 30.2 Å². The molecule has 0 bridgehead atoms. The van der Waals surface area contributed by atoms with Crippen LogP contribution in [0.5, 0.6) is 11.5 Å². The summed E-state index contributed by atoms with van der Waals surface area (Å²) in [5.41, 5.74) is 1.04. The molecule has 0 fully saturated rings. The number of carbonyl (C=O) groups excluding carboxylic acids is 1. The zero-order chi connectivity index (χ0) is 17.0. The zero-order valence-electron chi connectivity index (χ0n) is 12.9. The molecule has 6 nitrogen and oxygen atoms in total. The van der Waals surface area contributed by atoms with Gasteiger partial charge in [0, 0.05) is 6.08 Å². The third-order valence-corrected chi connectivity index (χ3v) is 3.41. The number of rotatable bonds is 5. The summed E-state index contributed by atoms with van der Waals surface area (Å²) in [4.78, 5) is 24.6. The number of fused-ring (bicyclic) bond motifs is 1. The maximum atomic E-state index is 12.4. The van der Waals surface area contributed by atoms with Gasteiger partial charge in [-0.2, -0.15) is 0 Å². The largest absolute Gasteiger partial charge is 0.493 e. The van der Waals surface area contributed by atoms with Crippen molar-refractivity contribution in [2.24, 2.45) is 0 Å². The topological polar surface area (TPSA) is 76.1 Å². The molecule has 6 heteroatoms. The number of ether oxygens (including phenoxy) is 2. The molecular weight excluding hydrogens is 298 g/mol. The van der Waals surface area contributed by atoms with Crippen molar-refractivity contribution in [1.82, 2.24) is 0 Å². The van der Waals surface area contributed by atoms with Crippen LogP contribution in [0.3, 0.4) is 0 Å². The van der Waals surface area contributed by atoms with Crippen LogP contribution in [0.4, 0.5) is 5.69 Å². The molecule has 120 valence electrons. The minimum absolute atomic E-state index is 0.0982. The summed E-state index contributed by atoms with van der Waals surface area (Å²) >= 11 is 0. The van der Waals surface area contributed by atoms with Gasteiger partial charge in [-0.1, -0.05) is 12.8 Å². The summed E-state index contributed by atoms with van der Waals surface area (Å²) in [6.07, 6.45) is 7.67. The van der Waals surface area contributed by atoms with Crippen LogP contribution in [0, 0.1) is 12.3 Å². The summed E-state index contributed by atoms with van der Waals surface area (Å²) in [7, 11) is 1.48. The van der Waals surface area contributed by atoms with E-state index >= 15 is 0 Å². The Morgan fingerprint density at radius 1 is 1.57 bits per heavy atom. The number of aliphatic carboxylic acids is 1. The molecule has 0 aromatic heterocycles. The van der Waals surface area contributed by atoms with E-state index in [-0.39, 0.29) is 12.5 Å². The maximum Gasteiger partial charge on any atom is 0.328 e. The van der Waals surface area contributed by atoms with Crippen molar-refractivity contribution in [1.29, 1.82) is 0 Å². The SMILES string of the molecule is C#CCN1C(=O)C(CC)Oc2c(OC)cc(/C=C/C(=O)O)cc21. The molecule has 0 aliphatic carbocycles. The average Bonchev–Trinajstić information content (AvgIpc) is 2.54. The number of nitrogens with zero attached hydrogens (tertiary/aromatic N) is 1. The Bertz CT molecular complexity index is 702. The minimum Gasteiger partial charge on any atom is -0.493 e. The molecule has 0 saturated carbocycles. The normalized spacial score (nSPS) is 16.7. The first-order chi connectivity index (χ1) is 11.0. The van der Waals surface area contributed by atoms with Gasteiger partial charge in [0.1, 0.15) is 0 Å². The second kappa shape index (κ2) is 6.88. The fourth-order valence-electron chi connectivity index (χ4n) is 2.34. The van der Waals surface area contributed by atoms with E-state index in [1.54, 1.807) is 12.1 Å². The highest BCUT2D eigenvalue weighted by molar-refractivity contribution is 6.01. The van der Waals surface area contributed by atoms with E-state index in [1.807, 2.05) is 6.92 Å². The fraction of sp³-hybridized carbons (Fsp3) is 0.294. The molecular formula is C17H17NO5. The molecule has 1 amide bonds. The van der Waals surface area contributed by atoms with Crippen LogP contribution in [0.25, 0.3) is 6.08 Å². The van der Waals surface area contributed by atoms with Crippen LogP contribution in [0.1, 0.15) is 18.9 Å². The molecule has 0 spiro atoms. The fourth-order valence-corrected chi connectivity index (χ4v) is 2.34. The van der Waals surface area contributed by atoms with Crippen molar-refractivity contribution in [2.45, 2.75) is 19.4 Å². The highest BCUT2D eigenvalue weighted by Crippen LogP contribution is 2.43. The van der Waals surface area contributed by atoms with Gasteiger partial charge in [-0.15, -0.1) is 6.42 Å². The van der Waals surface area contributed by atoms with E-state index in [9.17, 15) is 9.59 Å². The van der Waals surface area contributed by atoms with E-state index < -0.39 is 12.1 Å². The Balaban J connectivity index is 2.58. The Morgan fingerprint density at radius 2 is 2.30 bits per heavy atom. The van der Waals surface area contributed by atoms with E-state index in [2.05, 4.69) is 5.92 Å². The number of amides is 1. The third-order valence-electron chi connectivity index (χ3n) is 3.41. The summed E-state index contributed by atoms with van der Waals surface area (Å²) in [5.74, 6) is 2.01. The van der Waals surface area contributed by atoms with Gasteiger partial charge in [0.05, 0.1) is 19.3 Å². The number of carboxylic acids is 1. The van der Waals surface area contributed by atoms with Crippen molar-refractivity contribution in [3.63, 3.8) is 0 Å². The van der Waals surface area contributed by atoms with Crippen molar-refractivity contribution in [3.05, 3.63) is 23.8 Å². The summed E-state index contributed by atoms with van der Waals surface area (Å²) in [5, 5.41) is 8.75. The Kier molecular flexibility index (Phi) is 4.91. The van der Waals surface area contributed by atoms with Gasteiger partial charge < -0.3 is 14.6 Å². The van der Waals surface area contributed by atoms with Crippen LogP contribution >= 0.6 is 0 Å². The van der Waals surface area contributed by atoms with Crippen molar-refractivity contribution in [2.75, 3.05) is 18.6 Å². The van der Waals surface area contributed by atoms with Gasteiger partial charge in [-0.25, -0.2) is 4.79 Å². The molecule has 2 rings (SSSR count). The first kappa shape index (κ1) is 16.4. The number of terminal acetylenes is 1. The van der Waals surface area contributed by atoms with Gasteiger partial charge in [0.25, 0.3) is 5.91 Å². The smallest absolute Gasteiger partial charge is 0.328 e. The van der Waals surface area contributed by atoms with Gasteiger partial charge in [0.2, 0.25) is 0 Å². The highest BCUT2D eigenvalue weighted by atomic mass is 16.5. The Labute approximate surface area is 134 Å². The Morgan fingerprint density at radius 3 is 2.87 bits per heavy atom. The monoisotopic (exact) mass is 315 g/mol. The van der Waals surface area contributed by atoms with Gasteiger partial charge >= 0.3 is 5.97 Å². The van der Waals surface area contributed by atoms with Crippen molar-refractivity contribution >= 4 is 23.6 Å². The average molecular weight is 315 g/mol. The first-order valence-electron chi connectivity index (χ1n) is 7.06.